The third kappa shape index (κ3) is 5.61. The van der Waals surface area contributed by atoms with E-state index in [2.05, 4.69) is 5.32 Å². The minimum atomic E-state index is -1.33. The summed E-state index contributed by atoms with van der Waals surface area (Å²) < 4.78 is 0. The summed E-state index contributed by atoms with van der Waals surface area (Å²) in [5, 5.41) is 23.1. The Morgan fingerprint density at radius 2 is 1.92 bits per heavy atom. The van der Waals surface area contributed by atoms with E-state index in [1.54, 1.807) is 13.8 Å². The Kier molecular flexibility index (Phi) is 8.19. The molecule has 0 aliphatic heterocycles. The van der Waals surface area contributed by atoms with Crippen LogP contribution in [0.5, 0.6) is 5.75 Å². The van der Waals surface area contributed by atoms with E-state index in [1.807, 2.05) is 6.92 Å². The van der Waals surface area contributed by atoms with Crippen molar-refractivity contribution in [1.82, 2.24) is 5.32 Å². The molecule has 0 fully saturated rings. The number of carbonyl (C=O) groups excluding carboxylic acids is 2. The Hall–Kier alpha value is -1.79. The summed E-state index contributed by atoms with van der Waals surface area (Å²) in [7, 11) is 0. The van der Waals surface area contributed by atoms with Crippen molar-refractivity contribution in [3.05, 3.63) is 23.2 Å². The van der Waals surface area contributed by atoms with Crippen LogP contribution in [0.1, 0.15) is 40.5 Å². The fraction of sp³-hybridized carbons (Fsp3) is 0.556. The lowest BCUT2D eigenvalue weighted by Gasteiger charge is -2.34. The van der Waals surface area contributed by atoms with Crippen LogP contribution in [-0.4, -0.2) is 40.7 Å². The van der Waals surface area contributed by atoms with Crippen molar-refractivity contribution in [2.75, 3.05) is 11.4 Å². The Morgan fingerprint density at radius 3 is 2.44 bits per heavy atom. The molecule has 1 aromatic rings. The number of aliphatic hydroxyl groups excluding tert-OH is 1. The highest BCUT2D eigenvalue weighted by Gasteiger charge is 2.36. The molecule has 0 aromatic heterocycles. The van der Waals surface area contributed by atoms with E-state index in [0.29, 0.717) is 11.6 Å². The molecule has 0 radical (unpaired) electrons. The SMILES string of the molecule is CCCCNC(=O)C(C(C)C)N(C(=O)[C@H](C)O)c1cc(Cl)ccc1O. The Morgan fingerprint density at radius 1 is 1.28 bits per heavy atom. The van der Waals surface area contributed by atoms with E-state index in [1.165, 1.54) is 25.1 Å². The smallest absolute Gasteiger partial charge is 0.256 e. The van der Waals surface area contributed by atoms with E-state index < -0.39 is 18.1 Å². The monoisotopic (exact) mass is 370 g/mol. The van der Waals surface area contributed by atoms with Crippen LogP contribution in [0.2, 0.25) is 5.02 Å². The molecule has 0 saturated heterocycles. The zero-order valence-electron chi connectivity index (χ0n) is 15.1. The number of unbranched alkanes of at least 4 members (excludes halogenated alkanes) is 1. The molecule has 1 rings (SSSR count). The lowest BCUT2D eigenvalue weighted by Crippen LogP contribution is -2.55. The van der Waals surface area contributed by atoms with Gasteiger partial charge in [0.2, 0.25) is 5.91 Å². The van der Waals surface area contributed by atoms with Crippen molar-refractivity contribution in [2.24, 2.45) is 5.92 Å². The normalized spacial score (nSPS) is 13.4. The number of amides is 2. The maximum absolute atomic E-state index is 12.7. The summed E-state index contributed by atoms with van der Waals surface area (Å²) in [5.41, 5.74) is 0.0998. The third-order valence-corrected chi connectivity index (χ3v) is 4.03. The van der Waals surface area contributed by atoms with Crippen molar-refractivity contribution >= 4 is 29.1 Å². The number of anilines is 1. The van der Waals surface area contributed by atoms with E-state index in [4.69, 9.17) is 11.6 Å². The number of hydrogen-bond acceptors (Lipinski definition) is 4. The molecule has 0 saturated carbocycles. The highest BCUT2D eigenvalue weighted by Crippen LogP contribution is 2.33. The van der Waals surface area contributed by atoms with Gasteiger partial charge in [0, 0.05) is 11.6 Å². The van der Waals surface area contributed by atoms with Gasteiger partial charge in [0.1, 0.15) is 17.9 Å². The number of aliphatic hydroxyl groups is 1. The summed E-state index contributed by atoms with van der Waals surface area (Å²) in [6.45, 7) is 7.43. The number of phenolic OH excluding ortho intramolecular Hbond substituents is 1. The lowest BCUT2D eigenvalue weighted by atomic mass is 9.99. The van der Waals surface area contributed by atoms with Gasteiger partial charge in [0.15, 0.2) is 0 Å². The Labute approximate surface area is 153 Å². The first-order valence-electron chi connectivity index (χ1n) is 8.48. The van der Waals surface area contributed by atoms with Gasteiger partial charge < -0.3 is 15.5 Å². The number of nitrogens with zero attached hydrogens (tertiary/aromatic N) is 1. The molecule has 25 heavy (non-hydrogen) atoms. The maximum atomic E-state index is 12.7. The first-order chi connectivity index (χ1) is 11.7. The van der Waals surface area contributed by atoms with Crippen LogP contribution in [0.15, 0.2) is 18.2 Å². The molecule has 0 bridgehead atoms. The minimum Gasteiger partial charge on any atom is -0.506 e. The molecule has 2 atom stereocenters. The summed E-state index contributed by atoms with van der Waals surface area (Å²) in [6.07, 6.45) is 0.421. The van der Waals surface area contributed by atoms with Crippen LogP contribution < -0.4 is 10.2 Å². The van der Waals surface area contributed by atoms with Gasteiger partial charge in [0.05, 0.1) is 5.69 Å². The van der Waals surface area contributed by atoms with Gasteiger partial charge in [-0.15, -0.1) is 0 Å². The van der Waals surface area contributed by atoms with Gasteiger partial charge in [-0.25, -0.2) is 0 Å². The Bertz CT molecular complexity index is 605. The topological polar surface area (TPSA) is 89.9 Å². The van der Waals surface area contributed by atoms with Crippen LogP contribution in [0.3, 0.4) is 0 Å². The van der Waals surface area contributed by atoms with Gasteiger partial charge in [-0.1, -0.05) is 38.8 Å². The molecular weight excluding hydrogens is 344 g/mol. The van der Waals surface area contributed by atoms with E-state index in [9.17, 15) is 19.8 Å². The van der Waals surface area contributed by atoms with Gasteiger partial charge in [0.25, 0.3) is 5.91 Å². The van der Waals surface area contributed by atoms with Gasteiger partial charge >= 0.3 is 0 Å². The fourth-order valence-corrected chi connectivity index (χ4v) is 2.67. The fourth-order valence-electron chi connectivity index (χ4n) is 2.51. The number of halogens is 1. The molecule has 1 unspecified atom stereocenters. The van der Waals surface area contributed by atoms with Crippen molar-refractivity contribution < 1.29 is 19.8 Å². The maximum Gasteiger partial charge on any atom is 0.256 e. The zero-order chi connectivity index (χ0) is 19.1. The molecule has 7 heteroatoms. The average Bonchev–Trinajstić information content (AvgIpc) is 2.54. The van der Waals surface area contributed by atoms with Crippen molar-refractivity contribution in [3.8, 4) is 5.75 Å². The molecule has 0 aliphatic carbocycles. The summed E-state index contributed by atoms with van der Waals surface area (Å²) in [6, 6.07) is 3.36. The van der Waals surface area contributed by atoms with Crippen LogP contribution in [0, 0.1) is 5.92 Å². The summed E-state index contributed by atoms with van der Waals surface area (Å²) >= 11 is 6.00. The number of carbonyl (C=O) groups is 2. The van der Waals surface area contributed by atoms with E-state index in [0.717, 1.165) is 17.7 Å². The molecule has 0 heterocycles. The number of rotatable bonds is 8. The average molecular weight is 371 g/mol. The number of nitrogens with one attached hydrogen (secondary N) is 1. The quantitative estimate of drug-likeness (QED) is 0.614. The van der Waals surface area contributed by atoms with Crippen molar-refractivity contribution in [3.63, 3.8) is 0 Å². The highest BCUT2D eigenvalue weighted by molar-refractivity contribution is 6.31. The molecule has 1 aromatic carbocycles. The third-order valence-electron chi connectivity index (χ3n) is 3.80. The number of aromatic hydroxyl groups is 1. The van der Waals surface area contributed by atoms with Crippen LogP contribution in [0.4, 0.5) is 5.69 Å². The molecular formula is C18H27ClN2O4. The predicted octanol–water partition coefficient (Wildman–Crippen LogP) is 2.70. The first-order valence-corrected chi connectivity index (χ1v) is 8.85. The standard InChI is InChI=1S/C18H27ClN2O4/c1-5-6-9-20-17(24)16(11(2)3)21(18(25)12(4)22)14-10-13(19)7-8-15(14)23/h7-8,10-12,16,22-23H,5-6,9H2,1-4H3,(H,20,24)/t12-,16?/m0/s1. The lowest BCUT2D eigenvalue weighted by molar-refractivity contribution is -0.131. The second-order valence-corrected chi connectivity index (χ2v) is 6.79. The summed E-state index contributed by atoms with van der Waals surface area (Å²) in [4.78, 5) is 26.5. The second kappa shape index (κ2) is 9.63. The van der Waals surface area contributed by atoms with Gasteiger partial charge in [-0.3, -0.25) is 14.5 Å². The highest BCUT2D eigenvalue weighted by atomic mass is 35.5. The largest absolute Gasteiger partial charge is 0.506 e. The van der Waals surface area contributed by atoms with Gasteiger partial charge in [-0.2, -0.15) is 0 Å². The molecule has 0 aliphatic rings. The van der Waals surface area contributed by atoms with Crippen molar-refractivity contribution in [1.29, 1.82) is 0 Å². The summed E-state index contributed by atoms with van der Waals surface area (Å²) in [5.74, 6) is -1.45. The Balaban J connectivity index is 3.33. The molecule has 0 spiro atoms. The molecule has 3 N–H and O–H groups in total. The second-order valence-electron chi connectivity index (χ2n) is 6.35. The predicted molar refractivity (Wildman–Crippen MR) is 98.8 cm³/mol. The van der Waals surface area contributed by atoms with Crippen LogP contribution >= 0.6 is 11.6 Å². The zero-order valence-corrected chi connectivity index (χ0v) is 15.9. The van der Waals surface area contributed by atoms with E-state index >= 15 is 0 Å². The molecule has 2 amide bonds. The van der Waals surface area contributed by atoms with Gasteiger partial charge in [-0.05, 0) is 37.5 Å². The van der Waals surface area contributed by atoms with E-state index in [-0.39, 0.29) is 23.3 Å². The van der Waals surface area contributed by atoms with Crippen molar-refractivity contribution in [2.45, 2.75) is 52.7 Å². The molecule has 140 valence electrons. The number of hydrogen-bond donors (Lipinski definition) is 3. The first kappa shape index (κ1) is 21.3. The molecule has 6 nitrogen and oxygen atoms in total. The van der Waals surface area contributed by atoms with Crippen LogP contribution in [-0.2, 0) is 9.59 Å². The minimum absolute atomic E-state index is 0.0998. The number of benzene rings is 1. The number of phenols is 1. The van der Waals surface area contributed by atoms with Crippen LogP contribution in [0.25, 0.3) is 0 Å².